The fourth-order valence-corrected chi connectivity index (χ4v) is 3.68. The van der Waals surface area contributed by atoms with Crippen molar-refractivity contribution < 1.29 is 19.5 Å². The molecule has 1 aliphatic carbocycles. The molecule has 0 spiro atoms. The molecule has 2 amide bonds. The van der Waals surface area contributed by atoms with Crippen molar-refractivity contribution in [2.75, 3.05) is 0 Å². The minimum absolute atomic E-state index is 0.0456. The predicted octanol–water partition coefficient (Wildman–Crippen LogP) is 2.91. The van der Waals surface area contributed by atoms with Gasteiger partial charge >= 0.3 is 5.97 Å². The summed E-state index contributed by atoms with van der Waals surface area (Å²) in [5.74, 6) is -1.45. The minimum atomic E-state index is -1.08. The van der Waals surface area contributed by atoms with E-state index in [4.69, 9.17) is 0 Å². The lowest BCUT2D eigenvalue weighted by molar-refractivity contribution is -0.142. The fourth-order valence-electron chi connectivity index (χ4n) is 3.68. The Bertz CT molecular complexity index is 654. The summed E-state index contributed by atoms with van der Waals surface area (Å²) in [6, 6.07) is 7.45. The molecular formula is C22H32N2O4. The summed E-state index contributed by atoms with van der Waals surface area (Å²) in [6.45, 7) is 3.96. The molecule has 0 aliphatic heterocycles. The van der Waals surface area contributed by atoms with Gasteiger partial charge in [0.2, 0.25) is 11.8 Å². The van der Waals surface area contributed by atoms with Gasteiger partial charge in [0, 0.05) is 12.3 Å². The van der Waals surface area contributed by atoms with E-state index in [1.165, 1.54) is 0 Å². The van der Waals surface area contributed by atoms with Crippen LogP contribution in [-0.2, 0) is 20.8 Å². The maximum Gasteiger partial charge on any atom is 0.326 e. The van der Waals surface area contributed by atoms with E-state index < -0.39 is 24.0 Å². The van der Waals surface area contributed by atoms with Crippen molar-refractivity contribution in [2.24, 2.45) is 11.8 Å². The summed E-state index contributed by atoms with van der Waals surface area (Å²) >= 11 is 0. The Kier molecular flexibility index (Phi) is 8.48. The van der Waals surface area contributed by atoms with Crippen LogP contribution in [0.25, 0.3) is 0 Å². The van der Waals surface area contributed by atoms with Gasteiger partial charge in [0.25, 0.3) is 0 Å². The molecule has 1 fully saturated rings. The number of carbonyl (C=O) groups excluding carboxylic acids is 2. The summed E-state index contributed by atoms with van der Waals surface area (Å²) < 4.78 is 0. The van der Waals surface area contributed by atoms with Gasteiger partial charge in [0.15, 0.2) is 0 Å². The molecule has 154 valence electrons. The molecule has 0 bridgehead atoms. The van der Waals surface area contributed by atoms with Crippen LogP contribution in [0.5, 0.6) is 0 Å². The molecule has 1 aromatic carbocycles. The number of carboxylic acids is 1. The molecule has 2 rings (SSSR count). The lowest BCUT2D eigenvalue weighted by Gasteiger charge is -2.26. The Morgan fingerprint density at radius 1 is 1.00 bits per heavy atom. The van der Waals surface area contributed by atoms with Crippen LogP contribution in [0, 0.1) is 11.8 Å². The molecule has 6 heteroatoms. The molecule has 1 saturated carbocycles. The molecule has 0 unspecified atom stereocenters. The largest absolute Gasteiger partial charge is 0.480 e. The number of carboxylic acid groups (broad SMARTS) is 1. The highest BCUT2D eigenvalue weighted by Crippen LogP contribution is 2.24. The number of amides is 2. The van der Waals surface area contributed by atoms with Crippen LogP contribution >= 0.6 is 0 Å². The number of hydrogen-bond donors (Lipinski definition) is 3. The molecule has 1 aromatic rings. The zero-order valence-corrected chi connectivity index (χ0v) is 16.8. The smallest absolute Gasteiger partial charge is 0.326 e. The Morgan fingerprint density at radius 3 is 2.21 bits per heavy atom. The van der Waals surface area contributed by atoms with Crippen LogP contribution in [0.3, 0.4) is 0 Å². The highest BCUT2D eigenvalue weighted by atomic mass is 16.4. The van der Waals surface area contributed by atoms with Gasteiger partial charge in [0.05, 0.1) is 0 Å². The van der Waals surface area contributed by atoms with Gasteiger partial charge in [-0.1, -0.05) is 63.4 Å². The molecule has 6 nitrogen and oxygen atoms in total. The van der Waals surface area contributed by atoms with Crippen LogP contribution in [0.2, 0.25) is 0 Å². The summed E-state index contributed by atoms with van der Waals surface area (Å²) in [7, 11) is 0. The number of carbonyl (C=O) groups is 3. The number of hydrogen-bond acceptors (Lipinski definition) is 3. The first-order valence-electron chi connectivity index (χ1n) is 10.2. The maximum absolute atomic E-state index is 12.8. The van der Waals surface area contributed by atoms with Gasteiger partial charge in [-0.15, -0.1) is 0 Å². The molecule has 0 heterocycles. The number of aliphatic carboxylic acids is 1. The van der Waals surface area contributed by atoms with Crippen LogP contribution in [0.15, 0.2) is 30.3 Å². The van der Waals surface area contributed by atoms with E-state index in [9.17, 15) is 19.5 Å². The average Bonchev–Trinajstić information content (AvgIpc) is 2.68. The van der Waals surface area contributed by atoms with Gasteiger partial charge in [0.1, 0.15) is 12.1 Å². The summed E-state index contributed by atoms with van der Waals surface area (Å²) in [4.78, 5) is 37.1. The number of benzene rings is 1. The van der Waals surface area contributed by atoms with Gasteiger partial charge in [-0.05, 0) is 30.7 Å². The molecule has 1 aliphatic rings. The topological polar surface area (TPSA) is 95.5 Å². The molecule has 28 heavy (non-hydrogen) atoms. The summed E-state index contributed by atoms with van der Waals surface area (Å²) in [5, 5.41) is 15.0. The SMILES string of the molecule is CC(C)C[C@H](NC(=O)C1CCCCC1)C(=O)N[C@@H](Cc1ccccc1)C(=O)O. The van der Waals surface area contributed by atoms with E-state index in [0.29, 0.717) is 6.42 Å². The van der Waals surface area contributed by atoms with Crippen molar-refractivity contribution in [3.8, 4) is 0 Å². The third-order valence-corrected chi connectivity index (χ3v) is 5.21. The quantitative estimate of drug-likeness (QED) is 0.606. The van der Waals surface area contributed by atoms with E-state index >= 15 is 0 Å². The lowest BCUT2D eigenvalue weighted by atomic mass is 9.88. The minimum Gasteiger partial charge on any atom is -0.480 e. The van der Waals surface area contributed by atoms with Gasteiger partial charge in [-0.25, -0.2) is 4.79 Å². The highest BCUT2D eigenvalue weighted by Gasteiger charge is 2.29. The zero-order valence-electron chi connectivity index (χ0n) is 16.8. The third kappa shape index (κ3) is 6.98. The first-order valence-corrected chi connectivity index (χ1v) is 10.2. The lowest BCUT2D eigenvalue weighted by Crippen LogP contribution is -2.53. The van der Waals surface area contributed by atoms with E-state index in [2.05, 4.69) is 10.6 Å². The van der Waals surface area contributed by atoms with Crippen molar-refractivity contribution in [2.45, 2.75) is 70.9 Å². The number of rotatable bonds is 9. The van der Waals surface area contributed by atoms with Crippen molar-refractivity contribution in [1.29, 1.82) is 0 Å². The number of nitrogens with one attached hydrogen (secondary N) is 2. The molecule has 0 radical (unpaired) electrons. The second-order valence-corrected chi connectivity index (χ2v) is 8.11. The Morgan fingerprint density at radius 2 is 1.64 bits per heavy atom. The van der Waals surface area contributed by atoms with E-state index in [0.717, 1.165) is 37.7 Å². The van der Waals surface area contributed by atoms with E-state index in [1.807, 2.05) is 44.2 Å². The fraction of sp³-hybridized carbons (Fsp3) is 0.591. The van der Waals surface area contributed by atoms with Crippen LogP contribution in [-0.4, -0.2) is 35.0 Å². The Hall–Kier alpha value is -2.37. The first-order chi connectivity index (χ1) is 13.4. The molecule has 2 atom stereocenters. The van der Waals surface area contributed by atoms with E-state index in [-0.39, 0.29) is 24.2 Å². The Labute approximate surface area is 167 Å². The van der Waals surface area contributed by atoms with E-state index in [1.54, 1.807) is 0 Å². The third-order valence-electron chi connectivity index (χ3n) is 5.21. The van der Waals surface area contributed by atoms with Crippen molar-refractivity contribution in [1.82, 2.24) is 10.6 Å². The van der Waals surface area contributed by atoms with Crippen LogP contribution < -0.4 is 10.6 Å². The van der Waals surface area contributed by atoms with Gasteiger partial charge in [-0.2, -0.15) is 0 Å². The normalized spacial score (nSPS) is 17.0. The van der Waals surface area contributed by atoms with Crippen molar-refractivity contribution in [3.63, 3.8) is 0 Å². The van der Waals surface area contributed by atoms with Gasteiger partial charge < -0.3 is 15.7 Å². The zero-order chi connectivity index (χ0) is 20.5. The molecule has 0 aromatic heterocycles. The highest BCUT2D eigenvalue weighted by molar-refractivity contribution is 5.91. The monoisotopic (exact) mass is 388 g/mol. The molecular weight excluding hydrogens is 356 g/mol. The first kappa shape index (κ1) is 21.9. The average molecular weight is 389 g/mol. The second kappa shape index (κ2) is 10.8. The van der Waals surface area contributed by atoms with Gasteiger partial charge in [-0.3, -0.25) is 9.59 Å². The molecule has 3 N–H and O–H groups in total. The van der Waals surface area contributed by atoms with Crippen LogP contribution in [0.4, 0.5) is 0 Å². The van der Waals surface area contributed by atoms with Crippen LogP contribution in [0.1, 0.15) is 57.9 Å². The standard InChI is InChI=1S/C22H32N2O4/c1-15(2)13-18(23-20(25)17-11-7-4-8-12-17)21(26)24-19(22(27)28)14-16-9-5-3-6-10-16/h3,5-6,9-10,15,17-19H,4,7-8,11-14H2,1-2H3,(H,23,25)(H,24,26)(H,27,28)/t18-,19-/m0/s1. The summed E-state index contributed by atoms with van der Waals surface area (Å²) in [5.41, 5.74) is 0.835. The molecule has 0 saturated heterocycles. The second-order valence-electron chi connectivity index (χ2n) is 8.11. The van der Waals surface area contributed by atoms with Crippen molar-refractivity contribution in [3.05, 3.63) is 35.9 Å². The summed E-state index contributed by atoms with van der Waals surface area (Å²) in [6.07, 6.45) is 5.62. The maximum atomic E-state index is 12.8. The van der Waals surface area contributed by atoms with Crippen molar-refractivity contribution >= 4 is 17.8 Å². The Balaban J connectivity index is 2.02. The predicted molar refractivity (Wildman–Crippen MR) is 108 cm³/mol.